The second kappa shape index (κ2) is 6.21. The SMILES string of the molecule is Cc1cc(COc2ccc(CCN)cc2Br)n(C)n1. The summed E-state index contributed by atoms with van der Waals surface area (Å²) in [5.74, 6) is 0.833. The first kappa shape index (κ1) is 14.1. The standard InChI is InChI=1S/C14H18BrN3O/c1-10-7-12(18(2)17-10)9-19-14-4-3-11(5-6-16)8-13(14)15/h3-4,7-8H,5-6,9,16H2,1-2H3. The van der Waals surface area contributed by atoms with Gasteiger partial charge in [0, 0.05) is 7.05 Å². The van der Waals surface area contributed by atoms with E-state index in [-0.39, 0.29) is 0 Å². The van der Waals surface area contributed by atoms with Crippen LogP contribution < -0.4 is 10.5 Å². The van der Waals surface area contributed by atoms with Crippen molar-refractivity contribution in [3.63, 3.8) is 0 Å². The molecule has 5 heteroatoms. The summed E-state index contributed by atoms with van der Waals surface area (Å²) >= 11 is 3.53. The molecule has 0 fully saturated rings. The van der Waals surface area contributed by atoms with Gasteiger partial charge in [0.2, 0.25) is 0 Å². The number of hydrogen-bond acceptors (Lipinski definition) is 3. The molecule has 102 valence electrons. The van der Waals surface area contributed by atoms with E-state index < -0.39 is 0 Å². The van der Waals surface area contributed by atoms with Crippen LogP contribution in [0.25, 0.3) is 0 Å². The quantitative estimate of drug-likeness (QED) is 0.920. The van der Waals surface area contributed by atoms with E-state index in [2.05, 4.69) is 27.1 Å². The van der Waals surface area contributed by atoms with Crippen molar-refractivity contribution < 1.29 is 4.74 Å². The van der Waals surface area contributed by atoms with E-state index >= 15 is 0 Å². The topological polar surface area (TPSA) is 53.1 Å². The number of aromatic nitrogens is 2. The number of benzene rings is 1. The zero-order valence-electron chi connectivity index (χ0n) is 11.2. The summed E-state index contributed by atoms with van der Waals surface area (Å²) in [6.45, 7) is 3.13. The number of hydrogen-bond donors (Lipinski definition) is 1. The Morgan fingerprint density at radius 2 is 2.16 bits per heavy atom. The molecule has 0 unspecified atom stereocenters. The zero-order valence-corrected chi connectivity index (χ0v) is 12.8. The maximum atomic E-state index is 5.81. The van der Waals surface area contributed by atoms with Crippen LogP contribution in [0, 0.1) is 6.92 Å². The van der Waals surface area contributed by atoms with Crippen molar-refractivity contribution in [3.05, 3.63) is 45.7 Å². The van der Waals surface area contributed by atoms with E-state index in [1.54, 1.807) is 0 Å². The Morgan fingerprint density at radius 3 is 2.74 bits per heavy atom. The molecule has 0 aliphatic heterocycles. The fourth-order valence-electron chi connectivity index (χ4n) is 1.93. The van der Waals surface area contributed by atoms with Gasteiger partial charge < -0.3 is 10.5 Å². The second-order valence-corrected chi connectivity index (χ2v) is 5.35. The second-order valence-electron chi connectivity index (χ2n) is 4.49. The third-order valence-electron chi connectivity index (χ3n) is 2.90. The van der Waals surface area contributed by atoms with Crippen LogP contribution in [0.5, 0.6) is 5.75 Å². The Morgan fingerprint density at radius 1 is 1.37 bits per heavy atom. The van der Waals surface area contributed by atoms with Crippen molar-refractivity contribution in [2.45, 2.75) is 20.0 Å². The van der Waals surface area contributed by atoms with Crippen molar-refractivity contribution in [2.24, 2.45) is 12.8 Å². The molecule has 0 atom stereocenters. The van der Waals surface area contributed by atoms with Crippen LogP contribution in [0.2, 0.25) is 0 Å². The van der Waals surface area contributed by atoms with Crippen molar-refractivity contribution in [1.29, 1.82) is 0 Å². The van der Waals surface area contributed by atoms with Gasteiger partial charge in [-0.3, -0.25) is 4.68 Å². The van der Waals surface area contributed by atoms with Crippen LogP contribution >= 0.6 is 15.9 Å². The average molecular weight is 324 g/mol. The van der Waals surface area contributed by atoms with Gasteiger partial charge in [-0.25, -0.2) is 0 Å². The zero-order chi connectivity index (χ0) is 13.8. The third-order valence-corrected chi connectivity index (χ3v) is 3.52. The molecule has 0 saturated heterocycles. The van der Waals surface area contributed by atoms with Gasteiger partial charge >= 0.3 is 0 Å². The van der Waals surface area contributed by atoms with E-state index in [1.165, 1.54) is 5.56 Å². The molecule has 2 N–H and O–H groups in total. The molecule has 1 aromatic heterocycles. The van der Waals surface area contributed by atoms with Gasteiger partial charge in [0.25, 0.3) is 0 Å². The number of aryl methyl sites for hydroxylation is 2. The number of nitrogens with two attached hydrogens (primary N) is 1. The Balaban J connectivity index is 2.05. The molecule has 0 saturated carbocycles. The number of nitrogens with zero attached hydrogens (tertiary/aromatic N) is 2. The largest absolute Gasteiger partial charge is 0.486 e. The minimum absolute atomic E-state index is 0.506. The predicted molar refractivity (Wildman–Crippen MR) is 79.2 cm³/mol. The molecule has 4 nitrogen and oxygen atoms in total. The number of halogens is 1. The highest BCUT2D eigenvalue weighted by molar-refractivity contribution is 9.10. The summed E-state index contributed by atoms with van der Waals surface area (Å²) in [5.41, 5.74) is 8.80. The van der Waals surface area contributed by atoms with E-state index in [0.717, 1.165) is 28.0 Å². The molecule has 1 aromatic carbocycles. The number of ether oxygens (including phenoxy) is 1. The maximum Gasteiger partial charge on any atom is 0.134 e. The van der Waals surface area contributed by atoms with Gasteiger partial charge in [-0.05, 0) is 59.6 Å². The fraction of sp³-hybridized carbons (Fsp3) is 0.357. The first-order valence-corrected chi connectivity index (χ1v) is 7.00. The Kier molecular flexibility index (Phi) is 4.61. The molecule has 0 bridgehead atoms. The molecule has 2 rings (SSSR count). The summed E-state index contributed by atoms with van der Waals surface area (Å²) in [6.07, 6.45) is 0.875. The molecule has 19 heavy (non-hydrogen) atoms. The van der Waals surface area contributed by atoms with Crippen LogP contribution in [0.3, 0.4) is 0 Å². The van der Waals surface area contributed by atoms with E-state index in [0.29, 0.717) is 13.2 Å². The maximum absolute atomic E-state index is 5.81. The van der Waals surface area contributed by atoms with Gasteiger partial charge in [-0.15, -0.1) is 0 Å². The highest BCUT2D eigenvalue weighted by Crippen LogP contribution is 2.27. The molecule has 0 radical (unpaired) electrons. The fourth-order valence-corrected chi connectivity index (χ4v) is 2.48. The van der Waals surface area contributed by atoms with Gasteiger partial charge in [0.1, 0.15) is 12.4 Å². The summed E-state index contributed by atoms with van der Waals surface area (Å²) in [5, 5.41) is 4.30. The van der Waals surface area contributed by atoms with Gasteiger partial charge in [-0.2, -0.15) is 5.10 Å². The molecule has 0 aliphatic carbocycles. The average Bonchev–Trinajstić information content (AvgIpc) is 2.67. The molecule has 1 heterocycles. The van der Waals surface area contributed by atoms with E-state index in [1.807, 2.05) is 36.9 Å². The third kappa shape index (κ3) is 3.58. The normalized spacial score (nSPS) is 10.7. The molecule has 0 amide bonds. The van der Waals surface area contributed by atoms with Crippen molar-refractivity contribution in [3.8, 4) is 5.75 Å². The summed E-state index contributed by atoms with van der Waals surface area (Å²) in [7, 11) is 1.92. The molecular weight excluding hydrogens is 306 g/mol. The summed E-state index contributed by atoms with van der Waals surface area (Å²) < 4.78 is 8.61. The monoisotopic (exact) mass is 323 g/mol. The summed E-state index contributed by atoms with van der Waals surface area (Å²) in [4.78, 5) is 0. The Bertz CT molecular complexity index is 566. The summed E-state index contributed by atoms with van der Waals surface area (Å²) in [6, 6.07) is 8.09. The van der Waals surface area contributed by atoms with Crippen LogP contribution in [0.4, 0.5) is 0 Å². The van der Waals surface area contributed by atoms with Crippen LogP contribution in [-0.2, 0) is 20.1 Å². The van der Waals surface area contributed by atoms with Gasteiger partial charge in [-0.1, -0.05) is 6.07 Å². The highest BCUT2D eigenvalue weighted by Gasteiger charge is 2.06. The van der Waals surface area contributed by atoms with Crippen molar-refractivity contribution in [2.75, 3.05) is 6.54 Å². The first-order valence-electron chi connectivity index (χ1n) is 6.21. The molecule has 0 aliphatic rings. The van der Waals surface area contributed by atoms with Gasteiger partial charge in [0.05, 0.1) is 15.9 Å². The highest BCUT2D eigenvalue weighted by atomic mass is 79.9. The lowest BCUT2D eigenvalue weighted by molar-refractivity contribution is 0.293. The lowest BCUT2D eigenvalue weighted by atomic mass is 10.1. The minimum atomic E-state index is 0.506. The minimum Gasteiger partial charge on any atom is -0.486 e. The van der Waals surface area contributed by atoms with Crippen LogP contribution in [0.15, 0.2) is 28.7 Å². The molecule has 2 aromatic rings. The van der Waals surface area contributed by atoms with E-state index in [4.69, 9.17) is 10.5 Å². The van der Waals surface area contributed by atoms with E-state index in [9.17, 15) is 0 Å². The lowest BCUT2D eigenvalue weighted by Gasteiger charge is -2.09. The Labute approximate surface area is 121 Å². The smallest absolute Gasteiger partial charge is 0.134 e. The predicted octanol–water partition coefficient (Wildman–Crippen LogP) is 2.57. The molecular formula is C14H18BrN3O. The lowest BCUT2D eigenvalue weighted by Crippen LogP contribution is -2.04. The number of rotatable bonds is 5. The van der Waals surface area contributed by atoms with Crippen molar-refractivity contribution >= 4 is 15.9 Å². The van der Waals surface area contributed by atoms with Crippen LogP contribution in [0.1, 0.15) is 17.0 Å². The molecule has 0 spiro atoms. The first-order chi connectivity index (χ1) is 9.10. The van der Waals surface area contributed by atoms with Crippen LogP contribution in [-0.4, -0.2) is 16.3 Å². The van der Waals surface area contributed by atoms with Crippen molar-refractivity contribution in [1.82, 2.24) is 9.78 Å². The van der Waals surface area contributed by atoms with Gasteiger partial charge in [0.15, 0.2) is 0 Å². The Hall–Kier alpha value is -1.33.